The molecule has 1 heterocycles. The second kappa shape index (κ2) is 7.51. The quantitative estimate of drug-likeness (QED) is 0.793. The van der Waals surface area contributed by atoms with Gasteiger partial charge in [-0.2, -0.15) is 0 Å². The molecule has 8 heteroatoms. The molecule has 1 aromatic carbocycles. The number of ether oxygens (including phenoxy) is 2. The van der Waals surface area contributed by atoms with E-state index in [9.17, 15) is 8.78 Å². The molecule has 0 saturated carbocycles. The number of hydrogen-bond acceptors (Lipinski definition) is 4. The highest BCUT2D eigenvalue weighted by Gasteiger charge is 2.25. The number of halogens is 4. The van der Waals surface area contributed by atoms with Gasteiger partial charge in [0.25, 0.3) is 0 Å². The Balaban J connectivity index is 2.47. The summed E-state index contributed by atoms with van der Waals surface area (Å²) < 4.78 is 38.8. The maximum atomic E-state index is 14.5. The fourth-order valence-corrected chi connectivity index (χ4v) is 2.74. The number of pyridine rings is 1. The molecule has 1 aromatic heterocycles. The van der Waals surface area contributed by atoms with Crippen LogP contribution in [0.2, 0.25) is 10.2 Å². The summed E-state index contributed by atoms with van der Waals surface area (Å²) in [6.45, 7) is 1.70. The first-order valence-corrected chi connectivity index (χ1v) is 7.72. The molecular formula is C16H16Cl2F2N2O2. The maximum absolute atomic E-state index is 14.5. The monoisotopic (exact) mass is 376 g/mol. The molecule has 2 N–H and O–H groups in total. The van der Waals surface area contributed by atoms with Gasteiger partial charge in [-0.3, -0.25) is 0 Å². The molecule has 4 nitrogen and oxygen atoms in total. The van der Waals surface area contributed by atoms with E-state index in [2.05, 4.69) is 4.98 Å². The summed E-state index contributed by atoms with van der Waals surface area (Å²) >= 11 is 12.1. The third-order valence-corrected chi connectivity index (χ3v) is 4.58. The van der Waals surface area contributed by atoms with Gasteiger partial charge in [-0.25, -0.2) is 13.8 Å². The molecule has 0 aliphatic heterocycles. The lowest BCUT2D eigenvalue weighted by Crippen LogP contribution is -2.18. The summed E-state index contributed by atoms with van der Waals surface area (Å²) in [7, 11) is 2.54. The fourth-order valence-electron chi connectivity index (χ4n) is 2.33. The van der Waals surface area contributed by atoms with Crippen molar-refractivity contribution >= 4 is 23.2 Å². The molecule has 0 aliphatic rings. The topological polar surface area (TPSA) is 57.4 Å². The van der Waals surface area contributed by atoms with E-state index < -0.39 is 17.7 Å². The smallest absolute Gasteiger partial charge is 0.173 e. The van der Waals surface area contributed by atoms with E-state index in [0.717, 1.165) is 6.07 Å². The average Bonchev–Trinajstić information content (AvgIpc) is 2.56. The highest BCUT2D eigenvalue weighted by molar-refractivity contribution is 6.35. The third-order valence-electron chi connectivity index (χ3n) is 3.67. The van der Waals surface area contributed by atoms with Gasteiger partial charge in [0.15, 0.2) is 23.1 Å². The van der Waals surface area contributed by atoms with Crippen LogP contribution in [0.3, 0.4) is 0 Å². The van der Waals surface area contributed by atoms with Crippen molar-refractivity contribution in [1.82, 2.24) is 4.98 Å². The number of aromatic nitrogens is 1. The molecule has 0 spiro atoms. The van der Waals surface area contributed by atoms with E-state index in [-0.39, 0.29) is 28.6 Å². The molecule has 0 fully saturated rings. The Morgan fingerprint density at radius 1 is 1.17 bits per heavy atom. The summed E-state index contributed by atoms with van der Waals surface area (Å²) in [5.41, 5.74) is 6.79. The lowest BCUT2D eigenvalue weighted by Gasteiger charge is -2.18. The molecule has 0 saturated heterocycles. The van der Waals surface area contributed by atoms with E-state index in [0.29, 0.717) is 16.1 Å². The van der Waals surface area contributed by atoms with E-state index >= 15 is 0 Å². The van der Waals surface area contributed by atoms with Crippen LogP contribution in [0.15, 0.2) is 12.3 Å². The Morgan fingerprint density at radius 2 is 1.71 bits per heavy atom. The van der Waals surface area contributed by atoms with E-state index in [4.69, 9.17) is 38.4 Å². The molecular weight excluding hydrogens is 361 g/mol. The predicted octanol–water partition coefficient (Wildman–Crippen LogP) is 4.23. The molecule has 1 unspecified atom stereocenters. The van der Waals surface area contributed by atoms with Crippen molar-refractivity contribution in [3.8, 4) is 11.5 Å². The second-order valence-corrected chi connectivity index (χ2v) is 5.88. The van der Waals surface area contributed by atoms with Crippen LogP contribution in [0.5, 0.6) is 11.5 Å². The Morgan fingerprint density at radius 3 is 2.21 bits per heavy atom. The van der Waals surface area contributed by atoms with Crippen molar-refractivity contribution in [2.75, 3.05) is 14.2 Å². The van der Waals surface area contributed by atoms with Crippen LogP contribution in [-0.4, -0.2) is 19.2 Å². The Kier molecular flexibility index (Phi) is 5.85. The Labute approximate surface area is 148 Å². The van der Waals surface area contributed by atoms with Crippen LogP contribution in [0, 0.1) is 18.6 Å². The van der Waals surface area contributed by atoms with E-state index in [1.807, 2.05) is 0 Å². The minimum Gasteiger partial charge on any atom is -0.494 e. The molecule has 130 valence electrons. The number of benzene rings is 1. The highest BCUT2D eigenvalue weighted by atomic mass is 35.5. The van der Waals surface area contributed by atoms with Crippen LogP contribution in [-0.2, 0) is 6.42 Å². The predicted molar refractivity (Wildman–Crippen MR) is 89.1 cm³/mol. The summed E-state index contributed by atoms with van der Waals surface area (Å²) in [6.07, 6.45) is 1.50. The summed E-state index contributed by atoms with van der Waals surface area (Å²) in [5, 5.41) is 0.624. The van der Waals surface area contributed by atoms with Gasteiger partial charge in [0.05, 0.1) is 19.2 Å². The first kappa shape index (κ1) is 18.7. The Bertz CT molecular complexity index is 744. The summed E-state index contributed by atoms with van der Waals surface area (Å²) in [4.78, 5) is 3.99. The SMILES string of the molecule is COc1cc(OC)c(F)c(C(N)Cc2cnc(Cl)c(C)c2Cl)c1F. The molecule has 1 atom stereocenters. The number of methoxy groups -OCH3 is 2. The summed E-state index contributed by atoms with van der Waals surface area (Å²) in [5.74, 6) is -2.07. The molecule has 24 heavy (non-hydrogen) atoms. The van der Waals surface area contributed by atoms with Gasteiger partial charge in [0.1, 0.15) is 5.15 Å². The minimum absolute atomic E-state index is 0.0635. The van der Waals surface area contributed by atoms with Crippen LogP contribution in [0.4, 0.5) is 8.78 Å². The largest absolute Gasteiger partial charge is 0.494 e. The van der Waals surface area contributed by atoms with Gasteiger partial charge in [-0.15, -0.1) is 0 Å². The lowest BCUT2D eigenvalue weighted by atomic mass is 9.98. The molecule has 0 radical (unpaired) electrons. The summed E-state index contributed by atoms with van der Waals surface area (Å²) in [6, 6.07) is 0.107. The van der Waals surface area contributed by atoms with Gasteiger partial charge in [-0.05, 0) is 18.9 Å². The van der Waals surface area contributed by atoms with Gasteiger partial charge >= 0.3 is 0 Å². The lowest BCUT2D eigenvalue weighted by molar-refractivity contribution is 0.350. The van der Waals surface area contributed by atoms with Crippen molar-refractivity contribution in [2.24, 2.45) is 5.73 Å². The fraction of sp³-hybridized carbons (Fsp3) is 0.312. The van der Waals surface area contributed by atoms with Crippen molar-refractivity contribution < 1.29 is 18.3 Å². The third kappa shape index (κ3) is 3.41. The van der Waals surface area contributed by atoms with E-state index in [1.54, 1.807) is 6.92 Å². The first-order chi connectivity index (χ1) is 11.3. The zero-order valence-corrected chi connectivity index (χ0v) is 14.8. The normalized spacial score (nSPS) is 12.2. The van der Waals surface area contributed by atoms with E-state index in [1.165, 1.54) is 20.4 Å². The van der Waals surface area contributed by atoms with Crippen LogP contribution < -0.4 is 15.2 Å². The number of rotatable bonds is 5. The number of hydrogen-bond donors (Lipinski definition) is 1. The second-order valence-electron chi connectivity index (χ2n) is 5.15. The van der Waals surface area contributed by atoms with Crippen molar-refractivity contribution in [3.05, 3.63) is 50.8 Å². The van der Waals surface area contributed by atoms with Crippen LogP contribution in [0.25, 0.3) is 0 Å². The van der Waals surface area contributed by atoms with Crippen LogP contribution >= 0.6 is 23.2 Å². The van der Waals surface area contributed by atoms with Gasteiger partial charge in [0.2, 0.25) is 0 Å². The number of nitrogens with zero attached hydrogens (tertiary/aromatic N) is 1. The highest BCUT2D eigenvalue weighted by Crippen LogP contribution is 2.36. The molecule has 0 bridgehead atoms. The molecule has 2 rings (SSSR count). The van der Waals surface area contributed by atoms with Crippen molar-refractivity contribution in [3.63, 3.8) is 0 Å². The molecule has 0 aliphatic carbocycles. The maximum Gasteiger partial charge on any atom is 0.173 e. The Hall–Kier alpha value is -1.63. The first-order valence-electron chi connectivity index (χ1n) is 6.96. The zero-order chi connectivity index (χ0) is 18.0. The molecule has 0 amide bonds. The molecule has 2 aromatic rings. The zero-order valence-electron chi connectivity index (χ0n) is 13.3. The van der Waals surface area contributed by atoms with Gasteiger partial charge in [-0.1, -0.05) is 23.2 Å². The van der Waals surface area contributed by atoms with Crippen molar-refractivity contribution in [2.45, 2.75) is 19.4 Å². The van der Waals surface area contributed by atoms with Crippen molar-refractivity contribution in [1.29, 1.82) is 0 Å². The average molecular weight is 377 g/mol. The number of nitrogens with two attached hydrogens (primary N) is 1. The standard InChI is InChI=1S/C16H16Cl2F2N2O2/c1-7-13(17)8(6-22-16(7)18)4-9(21)12-14(19)10(23-2)5-11(24-3)15(12)20/h5-6,9H,4,21H2,1-3H3. The van der Waals surface area contributed by atoms with Crippen LogP contribution in [0.1, 0.15) is 22.7 Å². The van der Waals surface area contributed by atoms with Gasteiger partial charge < -0.3 is 15.2 Å². The minimum atomic E-state index is -1.02. The van der Waals surface area contributed by atoms with Gasteiger partial charge in [0, 0.05) is 29.4 Å².